The molecule has 5 fully saturated rings. The zero-order chi connectivity index (χ0) is 21.8. The number of carbonyl (C=O) groups excluding carboxylic acids is 2. The van der Waals surface area contributed by atoms with Crippen LogP contribution in [-0.2, 0) is 20.9 Å². The highest BCUT2D eigenvalue weighted by molar-refractivity contribution is 5.84. The van der Waals surface area contributed by atoms with E-state index in [4.69, 9.17) is 9.47 Å². The lowest BCUT2D eigenvalue weighted by molar-refractivity contribution is -0.148. The molecule has 2 atom stereocenters. The number of amides is 1. The van der Waals surface area contributed by atoms with Crippen LogP contribution in [-0.4, -0.2) is 29.2 Å². The van der Waals surface area contributed by atoms with Gasteiger partial charge in [-0.15, -0.1) is 0 Å². The molecule has 5 heteroatoms. The normalized spacial score (nSPS) is 36.5. The van der Waals surface area contributed by atoms with E-state index in [0.717, 1.165) is 29.7 Å². The average molecular weight is 426 g/mol. The number of carbonyl (C=O) groups is 2. The molecular weight excluding hydrogens is 390 g/mol. The molecule has 0 aromatic heterocycles. The second-order valence-corrected chi connectivity index (χ2v) is 11.7. The highest BCUT2D eigenvalue weighted by Gasteiger charge is 2.57. The van der Waals surface area contributed by atoms with Crippen LogP contribution in [0.4, 0.5) is 4.79 Å². The van der Waals surface area contributed by atoms with E-state index in [0.29, 0.717) is 0 Å². The highest BCUT2D eigenvalue weighted by atomic mass is 16.6. The molecule has 0 unspecified atom stereocenters. The van der Waals surface area contributed by atoms with Gasteiger partial charge in [0.2, 0.25) is 0 Å². The number of hydrogen-bond acceptors (Lipinski definition) is 4. The van der Waals surface area contributed by atoms with E-state index in [-0.39, 0.29) is 23.4 Å². The molecule has 1 heterocycles. The van der Waals surface area contributed by atoms with Crippen LogP contribution < -0.4 is 0 Å². The first-order valence-electron chi connectivity index (χ1n) is 11.9. The van der Waals surface area contributed by atoms with Gasteiger partial charge in [-0.25, -0.2) is 9.59 Å². The smallest absolute Gasteiger partial charge is 0.413 e. The number of cyclic esters (lactones) is 1. The van der Waals surface area contributed by atoms with Gasteiger partial charge in [0.25, 0.3) is 0 Å². The summed E-state index contributed by atoms with van der Waals surface area (Å²) in [7, 11) is 0. The summed E-state index contributed by atoms with van der Waals surface area (Å²) in [6.07, 6.45) is 7.39. The molecule has 1 aromatic rings. The van der Waals surface area contributed by atoms with E-state index in [1.165, 1.54) is 38.5 Å². The summed E-state index contributed by atoms with van der Waals surface area (Å²) < 4.78 is 11.5. The third-order valence-corrected chi connectivity index (χ3v) is 8.04. The lowest BCUT2D eigenvalue weighted by Crippen LogP contribution is -2.52. The average Bonchev–Trinajstić information content (AvgIpc) is 3.02. The summed E-state index contributed by atoms with van der Waals surface area (Å²) >= 11 is 0. The van der Waals surface area contributed by atoms with Gasteiger partial charge in [0.05, 0.1) is 0 Å². The van der Waals surface area contributed by atoms with Crippen molar-refractivity contribution in [1.29, 1.82) is 0 Å². The Morgan fingerprint density at radius 3 is 2.19 bits per heavy atom. The molecule has 168 valence electrons. The molecule has 4 bridgehead atoms. The first-order chi connectivity index (χ1) is 14.7. The monoisotopic (exact) mass is 425 g/mol. The van der Waals surface area contributed by atoms with Crippen LogP contribution in [0.15, 0.2) is 30.3 Å². The van der Waals surface area contributed by atoms with Crippen molar-refractivity contribution < 1.29 is 19.1 Å². The van der Waals surface area contributed by atoms with E-state index in [9.17, 15) is 9.59 Å². The topological polar surface area (TPSA) is 55.8 Å². The molecule has 5 aliphatic rings. The minimum atomic E-state index is -0.595. The molecule has 1 saturated heterocycles. The molecule has 31 heavy (non-hydrogen) atoms. The summed E-state index contributed by atoms with van der Waals surface area (Å²) in [4.78, 5) is 28.0. The van der Waals surface area contributed by atoms with Crippen molar-refractivity contribution >= 4 is 12.1 Å². The molecule has 0 N–H and O–H groups in total. The number of esters is 1. The van der Waals surface area contributed by atoms with Crippen LogP contribution in [0.25, 0.3) is 0 Å². The minimum absolute atomic E-state index is 0.184. The van der Waals surface area contributed by atoms with Crippen molar-refractivity contribution in [2.24, 2.45) is 28.6 Å². The number of hydrogen-bond donors (Lipinski definition) is 0. The Bertz CT molecular complexity index is 807. The fraction of sp³-hybridized carbons (Fsp3) is 0.692. The number of ether oxygens (including phenoxy) is 2. The summed E-state index contributed by atoms with van der Waals surface area (Å²) in [5.41, 5.74) is 0.744. The molecule has 4 saturated carbocycles. The van der Waals surface area contributed by atoms with Crippen LogP contribution in [0.3, 0.4) is 0 Å². The lowest BCUT2D eigenvalue weighted by atomic mass is 9.48. The molecule has 1 amide bonds. The molecular formula is C26H35NO4. The standard InChI is InChI=1S/C26H35NO4/c1-25(2,3)23-27(24(29)30-16-17-7-5-4-6-8-17)21(22(28)31-23)15-26-12-18-9-19(13-26)11-20(10-18)14-26/h4-8,18-21,23H,9-16H2,1-3H3/t18?,19?,20?,21-,23+,26?/m0/s1. The van der Waals surface area contributed by atoms with Crippen molar-refractivity contribution in [2.75, 3.05) is 0 Å². The van der Waals surface area contributed by atoms with Crippen LogP contribution in [0.5, 0.6) is 0 Å². The largest absolute Gasteiger partial charge is 0.444 e. The van der Waals surface area contributed by atoms with Crippen molar-refractivity contribution in [3.8, 4) is 0 Å². The maximum atomic E-state index is 13.3. The third-order valence-electron chi connectivity index (χ3n) is 8.04. The van der Waals surface area contributed by atoms with Gasteiger partial charge in [-0.3, -0.25) is 4.90 Å². The SMILES string of the molecule is CC(C)(C)[C@H]1OC(=O)[C@H](CC23CC4CC(CC(C4)C2)C3)N1C(=O)OCc1ccccc1. The van der Waals surface area contributed by atoms with Crippen molar-refractivity contribution in [1.82, 2.24) is 4.90 Å². The molecule has 1 aliphatic heterocycles. The van der Waals surface area contributed by atoms with Crippen LogP contribution >= 0.6 is 0 Å². The Morgan fingerprint density at radius 1 is 1.06 bits per heavy atom. The Morgan fingerprint density at radius 2 is 1.65 bits per heavy atom. The first kappa shape index (κ1) is 20.8. The fourth-order valence-corrected chi connectivity index (χ4v) is 7.27. The second kappa shape index (κ2) is 7.53. The van der Waals surface area contributed by atoms with Gasteiger partial charge in [0.1, 0.15) is 12.6 Å². The zero-order valence-electron chi connectivity index (χ0n) is 19.0. The van der Waals surface area contributed by atoms with Crippen molar-refractivity contribution in [3.05, 3.63) is 35.9 Å². The van der Waals surface area contributed by atoms with Crippen molar-refractivity contribution in [2.45, 2.75) is 84.6 Å². The van der Waals surface area contributed by atoms with Crippen LogP contribution in [0.2, 0.25) is 0 Å². The molecule has 5 nitrogen and oxygen atoms in total. The number of rotatable bonds is 4. The van der Waals surface area contributed by atoms with Gasteiger partial charge < -0.3 is 9.47 Å². The predicted octanol–water partition coefficient (Wildman–Crippen LogP) is 5.53. The predicted molar refractivity (Wildman–Crippen MR) is 117 cm³/mol. The van der Waals surface area contributed by atoms with E-state index in [2.05, 4.69) is 0 Å². The Kier molecular flexibility index (Phi) is 5.06. The van der Waals surface area contributed by atoms with E-state index in [1.54, 1.807) is 4.90 Å². The van der Waals surface area contributed by atoms with E-state index < -0.39 is 18.4 Å². The zero-order valence-corrected chi connectivity index (χ0v) is 19.0. The summed E-state index contributed by atoms with van der Waals surface area (Å²) in [5.74, 6) is 2.16. The van der Waals surface area contributed by atoms with Gasteiger partial charge in [0, 0.05) is 5.41 Å². The summed E-state index contributed by atoms with van der Waals surface area (Å²) in [6, 6.07) is 9.14. The fourth-order valence-electron chi connectivity index (χ4n) is 7.27. The molecule has 0 radical (unpaired) electrons. The molecule has 4 aliphatic carbocycles. The highest BCUT2D eigenvalue weighted by Crippen LogP contribution is 2.62. The van der Waals surface area contributed by atoms with E-state index >= 15 is 0 Å². The molecule has 1 aromatic carbocycles. The summed E-state index contributed by atoms with van der Waals surface area (Å²) in [5, 5.41) is 0. The van der Waals surface area contributed by atoms with Crippen LogP contribution in [0.1, 0.15) is 71.3 Å². The van der Waals surface area contributed by atoms with Gasteiger partial charge >= 0.3 is 12.1 Å². The van der Waals surface area contributed by atoms with Gasteiger partial charge in [-0.2, -0.15) is 0 Å². The maximum absolute atomic E-state index is 13.3. The Hall–Kier alpha value is -2.04. The van der Waals surface area contributed by atoms with Gasteiger partial charge in [-0.1, -0.05) is 51.1 Å². The minimum Gasteiger partial charge on any atom is -0.444 e. The quantitative estimate of drug-likeness (QED) is 0.595. The number of nitrogens with zero attached hydrogens (tertiary/aromatic N) is 1. The lowest BCUT2D eigenvalue weighted by Gasteiger charge is -2.57. The van der Waals surface area contributed by atoms with Gasteiger partial charge in [-0.05, 0) is 73.7 Å². The molecule has 6 rings (SSSR count). The molecule has 0 spiro atoms. The first-order valence-corrected chi connectivity index (χ1v) is 11.9. The van der Waals surface area contributed by atoms with Gasteiger partial charge in [0.15, 0.2) is 6.23 Å². The third kappa shape index (κ3) is 3.96. The Labute approximate surface area is 185 Å². The maximum Gasteiger partial charge on any atom is 0.413 e. The van der Waals surface area contributed by atoms with E-state index in [1.807, 2.05) is 51.1 Å². The van der Waals surface area contributed by atoms with Crippen LogP contribution in [0, 0.1) is 28.6 Å². The number of benzene rings is 1. The van der Waals surface area contributed by atoms with Crippen molar-refractivity contribution in [3.63, 3.8) is 0 Å². The Balaban J connectivity index is 1.37. The second-order valence-electron chi connectivity index (χ2n) is 11.7. The summed E-state index contributed by atoms with van der Waals surface area (Å²) in [6.45, 7) is 6.23.